The van der Waals surface area contributed by atoms with E-state index in [4.69, 9.17) is 11.3 Å². The Morgan fingerprint density at radius 3 is 2.26 bits per heavy atom. The van der Waals surface area contributed by atoms with Crippen molar-refractivity contribution in [1.29, 1.82) is 0 Å². The molecule has 23 heavy (non-hydrogen) atoms. The van der Waals surface area contributed by atoms with Crippen LogP contribution in [0, 0.1) is 6.57 Å². The van der Waals surface area contributed by atoms with E-state index in [1.807, 2.05) is 24.3 Å². The summed E-state index contributed by atoms with van der Waals surface area (Å²) in [4.78, 5) is 5.82. The van der Waals surface area contributed by atoms with Crippen molar-refractivity contribution in [3.8, 4) is 0 Å². The number of hydrogen-bond acceptors (Lipinski definition) is 2. The van der Waals surface area contributed by atoms with Gasteiger partial charge in [0.1, 0.15) is 6.04 Å². The maximum Gasteiger partial charge on any atom is 0.232 e. The summed E-state index contributed by atoms with van der Waals surface area (Å²) >= 11 is 0. The molecule has 0 aliphatic heterocycles. The molecule has 3 heteroatoms. The number of nitrogens with zero attached hydrogens (tertiary/aromatic N) is 2. The summed E-state index contributed by atoms with van der Waals surface area (Å²) in [6.07, 6.45) is 0. The Hall–Kier alpha value is -2.15. The highest BCUT2D eigenvalue weighted by Crippen LogP contribution is 2.21. The molecular weight excluding hydrogens is 284 g/mol. The van der Waals surface area contributed by atoms with Crippen LogP contribution in [0.3, 0.4) is 0 Å². The minimum absolute atomic E-state index is 0.0893. The Balaban J connectivity index is 1.93. The second kappa shape index (κ2) is 9.09. The highest BCUT2D eigenvalue weighted by Gasteiger charge is 2.23. The topological polar surface area (TPSA) is 16.8 Å². The van der Waals surface area contributed by atoms with E-state index in [1.54, 1.807) is 0 Å². The molecule has 0 spiro atoms. The third kappa shape index (κ3) is 5.21. The first-order valence-electron chi connectivity index (χ1n) is 7.94. The molecule has 0 aliphatic carbocycles. The van der Waals surface area contributed by atoms with Gasteiger partial charge < -0.3 is 9.58 Å². The van der Waals surface area contributed by atoms with Gasteiger partial charge in [0.15, 0.2) is 0 Å². The summed E-state index contributed by atoms with van der Waals surface area (Å²) in [5, 5.41) is 0. The van der Waals surface area contributed by atoms with Crippen molar-refractivity contribution in [1.82, 2.24) is 4.90 Å². The molecule has 0 fully saturated rings. The van der Waals surface area contributed by atoms with Crippen molar-refractivity contribution in [2.24, 2.45) is 0 Å². The molecule has 0 amide bonds. The lowest BCUT2D eigenvalue weighted by Gasteiger charge is -2.30. The SMILES string of the molecule is [C-]#[N+]C[C@H](COCc1ccccc1)N(C)[C@H](C)c1ccccc1. The van der Waals surface area contributed by atoms with Crippen LogP contribution >= 0.6 is 0 Å². The normalized spacial score (nSPS) is 13.5. The molecule has 0 radical (unpaired) electrons. The Morgan fingerprint density at radius 1 is 1.04 bits per heavy atom. The van der Waals surface area contributed by atoms with Gasteiger partial charge in [-0.15, -0.1) is 0 Å². The lowest BCUT2D eigenvalue weighted by atomic mass is 10.1. The van der Waals surface area contributed by atoms with Crippen LogP contribution < -0.4 is 0 Å². The largest absolute Gasteiger partial charge is 0.375 e. The molecule has 0 aliphatic rings. The highest BCUT2D eigenvalue weighted by atomic mass is 16.5. The molecule has 2 rings (SSSR count). The van der Waals surface area contributed by atoms with Crippen LogP contribution in [-0.4, -0.2) is 31.1 Å². The maximum absolute atomic E-state index is 7.21. The predicted octanol–water partition coefficient (Wildman–Crippen LogP) is 4.18. The van der Waals surface area contributed by atoms with Crippen LogP contribution in [-0.2, 0) is 11.3 Å². The van der Waals surface area contributed by atoms with Crippen molar-refractivity contribution in [2.75, 3.05) is 20.2 Å². The van der Waals surface area contributed by atoms with E-state index in [-0.39, 0.29) is 12.1 Å². The molecule has 2 atom stereocenters. The van der Waals surface area contributed by atoms with Gasteiger partial charge in [-0.05, 0) is 25.1 Å². The summed E-state index contributed by atoms with van der Waals surface area (Å²) in [7, 11) is 2.07. The molecule has 0 heterocycles. The second-order valence-corrected chi connectivity index (χ2v) is 5.75. The highest BCUT2D eigenvalue weighted by molar-refractivity contribution is 5.18. The molecule has 2 aromatic carbocycles. The maximum atomic E-state index is 7.21. The van der Waals surface area contributed by atoms with E-state index < -0.39 is 0 Å². The zero-order chi connectivity index (χ0) is 16.5. The summed E-state index contributed by atoms with van der Waals surface area (Å²) in [6, 6.07) is 20.9. The average molecular weight is 308 g/mol. The third-order valence-electron chi connectivity index (χ3n) is 4.19. The number of hydrogen-bond donors (Lipinski definition) is 0. The van der Waals surface area contributed by atoms with Crippen LogP contribution in [0.2, 0.25) is 0 Å². The Kier molecular flexibility index (Phi) is 6.80. The van der Waals surface area contributed by atoms with Crippen molar-refractivity contribution < 1.29 is 4.74 Å². The molecule has 0 saturated carbocycles. The zero-order valence-electron chi connectivity index (χ0n) is 13.9. The zero-order valence-corrected chi connectivity index (χ0v) is 13.9. The minimum atomic E-state index is 0.0893. The molecule has 0 aromatic heterocycles. The van der Waals surface area contributed by atoms with Gasteiger partial charge in [0.2, 0.25) is 6.54 Å². The number of likely N-dealkylation sites (N-methyl/N-ethyl adjacent to an activating group) is 1. The van der Waals surface area contributed by atoms with Crippen LogP contribution in [0.5, 0.6) is 0 Å². The van der Waals surface area contributed by atoms with E-state index in [0.29, 0.717) is 19.8 Å². The van der Waals surface area contributed by atoms with Gasteiger partial charge in [-0.1, -0.05) is 60.7 Å². The van der Waals surface area contributed by atoms with Gasteiger partial charge in [-0.3, -0.25) is 4.90 Å². The molecule has 0 saturated heterocycles. The van der Waals surface area contributed by atoms with Crippen molar-refractivity contribution in [3.63, 3.8) is 0 Å². The monoisotopic (exact) mass is 308 g/mol. The molecule has 2 aromatic rings. The number of rotatable bonds is 8. The van der Waals surface area contributed by atoms with Gasteiger partial charge in [0, 0.05) is 6.04 Å². The van der Waals surface area contributed by atoms with Crippen LogP contribution in [0.4, 0.5) is 0 Å². The van der Waals surface area contributed by atoms with Crippen LogP contribution in [0.25, 0.3) is 4.85 Å². The van der Waals surface area contributed by atoms with E-state index in [9.17, 15) is 0 Å². The van der Waals surface area contributed by atoms with E-state index in [2.05, 4.69) is 60.1 Å². The first kappa shape index (κ1) is 17.2. The summed E-state index contributed by atoms with van der Waals surface area (Å²) in [6.45, 7) is 11.0. The fourth-order valence-electron chi connectivity index (χ4n) is 2.57. The number of benzene rings is 2. The summed E-state index contributed by atoms with van der Waals surface area (Å²) in [5.41, 5.74) is 2.42. The van der Waals surface area contributed by atoms with Gasteiger partial charge in [0.25, 0.3) is 0 Å². The van der Waals surface area contributed by atoms with Gasteiger partial charge in [0.05, 0.1) is 13.2 Å². The van der Waals surface area contributed by atoms with Gasteiger partial charge in [-0.25, -0.2) is 6.57 Å². The predicted molar refractivity (Wildman–Crippen MR) is 94.0 cm³/mol. The Bertz CT molecular complexity index is 607. The second-order valence-electron chi connectivity index (χ2n) is 5.75. The lowest BCUT2D eigenvalue weighted by Crippen LogP contribution is -2.39. The smallest absolute Gasteiger partial charge is 0.232 e. The van der Waals surface area contributed by atoms with Crippen molar-refractivity contribution in [2.45, 2.75) is 25.6 Å². The summed E-state index contributed by atoms with van der Waals surface area (Å²) in [5.74, 6) is 0. The quantitative estimate of drug-likeness (QED) is 0.680. The van der Waals surface area contributed by atoms with Gasteiger partial charge >= 0.3 is 0 Å². The summed E-state index contributed by atoms with van der Waals surface area (Å²) < 4.78 is 5.86. The third-order valence-corrected chi connectivity index (χ3v) is 4.19. The average Bonchev–Trinajstić information content (AvgIpc) is 2.61. The Morgan fingerprint density at radius 2 is 1.65 bits per heavy atom. The fourth-order valence-corrected chi connectivity index (χ4v) is 2.57. The molecule has 120 valence electrons. The fraction of sp³-hybridized carbons (Fsp3) is 0.350. The Labute approximate surface area is 139 Å². The minimum Gasteiger partial charge on any atom is -0.375 e. The van der Waals surface area contributed by atoms with Crippen LogP contribution in [0.15, 0.2) is 60.7 Å². The first-order valence-corrected chi connectivity index (χ1v) is 7.94. The van der Waals surface area contributed by atoms with Crippen molar-refractivity contribution >= 4 is 0 Å². The van der Waals surface area contributed by atoms with E-state index >= 15 is 0 Å². The van der Waals surface area contributed by atoms with Gasteiger partial charge in [-0.2, -0.15) is 0 Å². The standard InChI is InChI=1S/C20H24N2O/c1-17(19-12-8-5-9-13-19)22(3)20(14-21-2)16-23-15-18-10-6-4-7-11-18/h4-13,17,20H,14-16H2,1,3H3/t17-,20-/m1/s1. The van der Waals surface area contributed by atoms with Crippen LogP contribution in [0.1, 0.15) is 24.1 Å². The first-order chi connectivity index (χ1) is 11.2. The van der Waals surface area contributed by atoms with Crippen molar-refractivity contribution in [3.05, 3.63) is 83.2 Å². The lowest BCUT2D eigenvalue weighted by molar-refractivity contribution is 0.0523. The molecule has 0 bridgehead atoms. The molecule has 0 unspecified atom stereocenters. The molecule has 3 nitrogen and oxygen atoms in total. The molecular formula is C20H24N2O. The van der Waals surface area contributed by atoms with E-state index in [1.165, 1.54) is 5.56 Å². The number of ether oxygens (including phenoxy) is 1. The molecule has 0 N–H and O–H groups in total. The van der Waals surface area contributed by atoms with E-state index in [0.717, 1.165) is 5.56 Å².